The number of rotatable bonds is 7. The Morgan fingerprint density at radius 3 is 2.33 bits per heavy atom. The van der Waals surface area contributed by atoms with Crippen LogP contribution in [0.3, 0.4) is 0 Å². The third-order valence-electron chi connectivity index (χ3n) is 3.46. The fourth-order valence-corrected chi connectivity index (χ4v) is 2.21. The van der Waals surface area contributed by atoms with Crippen molar-refractivity contribution in [1.29, 1.82) is 0 Å². The number of hydrogen-bond acceptors (Lipinski definition) is 3. The average molecular weight is 285 g/mol. The van der Waals surface area contributed by atoms with Crippen molar-refractivity contribution in [2.24, 2.45) is 0 Å². The van der Waals surface area contributed by atoms with Crippen LogP contribution in [0.5, 0.6) is 5.75 Å². The average Bonchev–Trinajstić information content (AvgIpc) is 2.54. The second-order valence-electron chi connectivity index (χ2n) is 4.94. The monoisotopic (exact) mass is 285 g/mol. The molecule has 3 nitrogen and oxygen atoms in total. The zero-order valence-electron chi connectivity index (χ0n) is 12.7. The minimum absolute atomic E-state index is 0.0178. The zero-order chi connectivity index (χ0) is 15.1. The Morgan fingerprint density at radius 1 is 1.00 bits per heavy atom. The van der Waals surface area contributed by atoms with Crippen molar-refractivity contribution in [2.45, 2.75) is 33.4 Å². The molecule has 112 valence electrons. The summed E-state index contributed by atoms with van der Waals surface area (Å²) in [6.45, 7) is 5.44. The van der Waals surface area contributed by atoms with Gasteiger partial charge >= 0.3 is 0 Å². The van der Waals surface area contributed by atoms with E-state index in [1.807, 2.05) is 25.1 Å². The Hall–Kier alpha value is -2.00. The Bertz CT molecular complexity index is 564. The van der Waals surface area contributed by atoms with Gasteiger partial charge in [-0.25, -0.2) is 0 Å². The molecule has 0 heterocycles. The number of aryl methyl sites for hydroxylation is 1. The Morgan fingerprint density at radius 2 is 1.71 bits per heavy atom. The van der Waals surface area contributed by atoms with E-state index >= 15 is 0 Å². The molecule has 0 spiro atoms. The van der Waals surface area contributed by atoms with E-state index in [0.29, 0.717) is 6.61 Å². The van der Waals surface area contributed by atoms with Crippen molar-refractivity contribution >= 4 is 5.69 Å². The van der Waals surface area contributed by atoms with Gasteiger partial charge in [0.25, 0.3) is 0 Å². The maximum atomic E-state index is 9.40. The van der Waals surface area contributed by atoms with Gasteiger partial charge in [-0.15, -0.1) is 0 Å². The Labute approximate surface area is 126 Å². The van der Waals surface area contributed by atoms with E-state index in [2.05, 4.69) is 36.5 Å². The third-order valence-corrected chi connectivity index (χ3v) is 3.46. The molecule has 21 heavy (non-hydrogen) atoms. The maximum absolute atomic E-state index is 9.40. The molecule has 0 fully saturated rings. The predicted octanol–water partition coefficient (Wildman–Crippen LogP) is 3.75. The van der Waals surface area contributed by atoms with E-state index in [9.17, 15) is 5.11 Å². The first kappa shape index (κ1) is 15.4. The molecule has 0 amide bonds. The maximum Gasteiger partial charge on any atom is 0.124 e. The van der Waals surface area contributed by atoms with Gasteiger partial charge in [0.1, 0.15) is 5.75 Å². The lowest BCUT2D eigenvalue weighted by Gasteiger charge is -2.12. The van der Waals surface area contributed by atoms with Crippen LogP contribution in [-0.4, -0.2) is 11.7 Å². The van der Waals surface area contributed by atoms with E-state index < -0.39 is 0 Å². The van der Waals surface area contributed by atoms with Crippen LogP contribution >= 0.6 is 0 Å². The molecule has 0 aromatic heterocycles. The highest BCUT2D eigenvalue weighted by Gasteiger charge is 2.04. The van der Waals surface area contributed by atoms with E-state index in [-0.39, 0.29) is 6.61 Å². The summed E-state index contributed by atoms with van der Waals surface area (Å²) in [6, 6.07) is 14.4. The van der Waals surface area contributed by atoms with E-state index in [1.165, 1.54) is 11.1 Å². The highest BCUT2D eigenvalue weighted by molar-refractivity contribution is 5.51. The van der Waals surface area contributed by atoms with Crippen molar-refractivity contribution in [3.05, 3.63) is 59.2 Å². The summed E-state index contributed by atoms with van der Waals surface area (Å²) in [4.78, 5) is 0. The predicted molar refractivity (Wildman–Crippen MR) is 86.7 cm³/mol. The molecule has 0 bridgehead atoms. The second kappa shape index (κ2) is 7.70. The normalized spacial score (nSPS) is 10.4. The van der Waals surface area contributed by atoms with E-state index in [1.54, 1.807) is 0 Å². The van der Waals surface area contributed by atoms with Gasteiger partial charge in [0.15, 0.2) is 0 Å². The first-order chi connectivity index (χ1) is 10.3. The minimum atomic E-state index is -0.0178. The van der Waals surface area contributed by atoms with Gasteiger partial charge in [-0.3, -0.25) is 0 Å². The highest BCUT2D eigenvalue weighted by atomic mass is 16.5. The van der Waals surface area contributed by atoms with Crippen LogP contribution in [0.4, 0.5) is 5.69 Å². The number of nitrogens with one attached hydrogen (secondary N) is 1. The van der Waals surface area contributed by atoms with Crippen LogP contribution in [0.1, 0.15) is 30.5 Å². The van der Waals surface area contributed by atoms with Crippen molar-refractivity contribution < 1.29 is 9.84 Å². The van der Waals surface area contributed by atoms with Gasteiger partial charge in [-0.2, -0.15) is 0 Å². The van der Waals surface area contributed by atoms with Gasteiger partial charge in [0, 0.05) is 17.8 Å². The molecule has 0 saturated carbocycles. The number of aliphatic hydroxyl groups is 1. The second-order valence-corrected chi connectivity index (χ2v) is 4.94. The lowest BCUT2D eigenvalue weighted by atomic mass is 10.1. The van der Waals surface area contributed by atoms with Crippen molar-refractivity contribution in [3.63, 3.8) is 0 Å². The SMILES string of the molecule is CCOc1ccc(NCc2ccc(CC)cc2)cc1CO. The number of benzene rings is 2. The van der Waals surface area contributed by atoms with Gasteiger partial charge < -0.3 is 15.2 Å². The van der Waals surface area contributed by atoms with Crippen LogP contribution in [0, 0.1) is 0 Å². The summed E-state index contributed by atoms with van der Waals surface area (Å²) >= 11 is 0. The summed E-state index contributed by atoms with van der Waals surface area (Å²) in [5.74, 6) is 0.748. The van der Waals surface area contributed by atoms with Crippen molar-refractivity contribution in [3.8, 4) is 5.75 Å². The number of ether oxygens (including phenoxy) is 1. The quantitative estimate of drug-likeness (QED) is 0.814. The number of anilines is 1. The molecule has 2 aromatic rings. The van der Waals surface area contributed by atoms with Gasteiger partial charge in [-0.05, 0) is 42.7 Å². The van der Waals surface area contributed by atoms with Crippen LogP contribution < -0.4 is 10.1 Å². The minimum Gasteiger partial charge on any atom is -0.494 e. The van der Waals surface area contributed by atoms with Gasteiger partial charge in [-0.1, -0.05) is 31.2 Å². The first-order valence-electron chi connectivity index (χ1n) is 7.45. The standard InChI is InChI=1S/C18H23NO2/c1-3-14-5-7-15(8-6-14)12-19-17-9-10-18(21-4-2)16(11-17)13-20/h5-11,19-20H,3-4,12-13H2,1-2H3. The van der Waals surface area contributed by atoms with Crippen molar-refractivity contribution in [2.75, 3.05) is 11.9 Å². The van der Waals surface area contributed by atoms with E-state index in [4.69, 9.17) is 4.74 Å². The highest BCUT2D eigenvalue weighted by Crippen LogP contribution is 2.23. The zero-order valence-corrected chi connectivity index (χ0v) is 12.7. The molecular weight excluding hydrogens is 262 g/mol. The first-order valence-corrected chi connectivity index (χ1v) is 7.45. The lowest BCUT2D eigenvalue weighted by Crippen LogP contribution is -2.02. The molecule has 0 unspecified atom stereocenters. The molecule has 3 heteroatoms. The molecule has 0 atom stereocenters. The fourth-order valence-electron chi connectivity index (χ4n) is 2.21. The molecule has 0 aliphatic rings. The summed E-state index contributed by atoms with van der Waals surface area (Å²) < 4.78 is 5.48. The molecule has 0 saturated heterocycles. The largest absolute Gasteiger partial charge is 0.494 e. The summed E-state index contributed by atoms with van der Waals surface area (Å²) in [7, 11) is 0. The van der Waals surface area contributed by atoms with Gasteiger partial charge in [0.05, 0.1) is 13.2 Å². The molecular formula is C18H23NO2. The number of hydrogen-bond donors (Lipinski definition) is 2. The van der Waals surface area contributed by atoms with Crippen molar-refractivity contribution in [1.82, 2.24) is 0 Å². The topological polar surface area (TPSA) is 41.5 Å². The summed E-state index contributed by atoms with van der Waals surface area (Å²) in [6.07, 6.45) is 1.06. The summed E-state index contributed by atoms with van der Waals surface area (Å²) in [5.41, 5.74) is 4.39. The van der Waals surface area contributed by atoms with Crippen LogP contribution in [0.15, 0.2) is 42.5 Å². The van der Waals surface area contributed by atoms with Crippen LogP contribution in [-0.2, 0) is 19.6 Å². The molecule has 0 radical (unpaired) electrons. The molecule has 2 N–H and O–H groups in total. The van der Waals surface area contributed by atoms with Crippen LogP contribution in [0.2, 0.25) is 0 Å². The third kappa shape index (κ3) is 4.23. The molecule has 2 aromatic carbocycles. The summed E-state index contributed by atoms with van der Waals surface area (Å²) in [5, 5.41) is 12.8. The molecule has 0 aliphatic carbocycles. The Balaban J connectivity index is 2.01. The molecule has 0 aliphatic heterocycles. The Kier molecular flexibility index (Phi) is 5.64. The van der Waals surface area contributed by atoms with Gasteiger partial charge in [0.2, 0.25) is 0 Å². The smallest absolute Gasteiger partial charge is 0.124 e. The van der Waals surface area contributed by atoms with Crippen LogP contribution in [0.25, 0.3) is 0 Å². The molecule has 2 rings (SSSR count). The fraction of sp³-hybridized carbons (Fsp3) is 0.333. The van der Waals surface area contributed by atoms with E-state index in [0.717, 1.165) is 30.0 Å². The lowest BCUT2D eigenvalue weighted by molar-refractivity contribution is 0.267. The number of aliphatic hydroxyl groups excluding tert-OH is 1.